The van der Waals surface area contributed by atoms with E-state index in [0.717, 1.165) is 19.5 Å². The van der Waals surface area contributed by atoms with Crippen LogP contribution in [0.15, 0.2) is 24.0 Å². The van der Waals surface area contributed by atoms with Crippen LogP contribution in [0.3, 0.4) is 0 Å². The van der Waals surface area contributed by atoms with Gasteiger partial charge in [0.25, 0.3) is 5.91 Å². The van der Waals surface area contributed by atoms with Crippen LogP contribution >= 0.6 is 0 Å². The quantitative estimate of drug-likeness (QED) is 0.841. The minimum Gasteiger partial charge on any atom is -0.378 e. The Balaban J connectivity index is 1.48. The number of anilines is 1. The molecule has 2 aliphatic rings. The Morgan fingerprint density at radius 3 is 2.70 bits per heavy atom. The zero-order chi connectivity index (χ0) is 15.9. The lowest BCUT2D eigenvalue weighted by molar-refractivity contribution is 0.0953. The lowest BCUT2D eigenvalue weighted by Crippen LogP contribution is -2.37. The van der Waals surface area contributed by atoms with Gasteiger partial charge in [0.2, 0.25) is 5.95 Å². The molecule has 0 atom stereocenters. The summed E-state index contributed by atoms with van der Waals surface area (Å²) in [5, 5.41) is 2.95. The van der Waals surface area contributed by atoms with Crippen molar-refractivity contribution in [3.8, 4) is 0 Å². The average molecular weight is 316 g/mol. The highest BCUT2D eigenvalue weighted by Gasteiger charge is 2.14. The lowest BCUT2D eigenvalue weighted by Gasteiger charge is -2.26. The van der Waals surface area contributed by atoms with Gasteiger partial charge < -0.3 is 15.0 Å². The van der Waals surface area contributed by atoms with Gasteiger partial charge in [-0.1, -0.05) is 11.6 Å². The molecule has 124 valence electrons. The van der Waals surface area contributed by atoms with Crippen LogP contribution in [0.5, 0.6) is 0 Å². The van der Waals surface area contributed by atoms with Gasteiger partial charge in [-0.05, 0) is 32.1 Å². The summed E-state index contributed by atoms with van der Waals surface area (Å²) in [6, 6.07) is 0. The van der Waals surface area contributed by atoms with Gasteiger partial charge in [-0.2, -0.15) is 0 Å². The van der Waals surface area contributed by atoms with E-state index < -0.39 is 0 Å². The number of hydrogen-bond donors (Lipinski definition) is 1. The first-order chi connectivity index (χ1) is 11.3. The third kappa shape index (κ3) is 4.51. The minimum atomic E-state index is -0.102. The third-order valence-electron chi connectivity index (χ3n) is 4.31. The molecule has 6 nitrogen and oxygen atoms in total. The number of amides is 1. The highest BCUT2D eigenvalue weighted by molar-refractivity contribution is 5.93. The number of nitrogens with one attached hydrogen (secondary N) is 1. The van der Waals surface area contributed by atoms with Gasteiger partial charge in [-0.3, -0.25) is 4.79 Å². The van der Waals surface area contributed by atoms with Crippen molar-refractivity contribution in [1.82, 2.24) is 15.3 Å². The summed E-state index contributed by atoms with van der Waals surface area (Å²) in [5.74, 6) is 0.562. The summed E-state index contributed by atoms with van der Waals surface area (Å²) < 4.78 is 5.31. The topological polar surface area (TPSA) is 67.4 Å². The van der Waals surface area contributed by atoms with Crippen molar-refractivity contribution in [2.45, 2.75) is 32.1 Å². The molecule has 6 heteroatoms. The summed E-state index contributed by atoms with van der Waals surface area (Å²) in [5.41, 5.74) is 1.98. The van der Waals surface area contributed by atoms with Gasteiger partial charge in [-0.25, -0.2) is 9.97 Å². The number of carbonyl (C=O) groups is 1. The van der Waals surface area contributed by atoms with Crippen molar-refractivity contribution < 1.29 is 9.53 Å². The first kappa shape index (κ1) is 15.9. The minimum absolute atomic E-state index is 0.102. The van der Waals surface area contributed by atoms with E-state index in [1.54, 1.807) is 12.4 Å². The Bertz CT molecular complexity index is 550. The second-order valence-corrected chi connectivity index (χ2v) is 5.99. The van der Waals surface area contributed by atoms with Gasteiger partial charge in [0.05, 0.1) is 18.8 Å². The molecule has 0 aromatic carbocycles. The summed E-state index contributed by atoms with van der Waals surface area (Å²) in [6.45, 7) is 3.65. The number of morpholine rings is 1. The Kier molecular flexibility index (Phi) is 5.58. The van der Waals surface area contributed by atoms with Crippen LogP contribution in [0.2, 0.25) is 0 Å². The number of allylic oxidation sites excluding steroid dienone is 1. The van der Waals surface area contributed by atoms with Crippen LogP contribution in [-0.4, -0.2) is 48.7 Å². The summed E-state index contributed by atoms with van der Waals surface area (Å²) in [7, 11) is 0. The lowest BCUT2D eigenvalue weighted by atomic mass is 9.97. The van der Waals surface area contributed by atoms with Crippen molar-refractivity contribution >= 4 is 11.9 Å². The standard InChI is InChI=1S/C17H24N4O2/c22-16(18-7-6-14-4-2-1-3-5-14)15-12-19-17(20-13-15)21-8-10-23-11-9-21/h4,12-13H,1-3,5-11H2,(H,18,22). The van der Waals surface area contributed by atoms with E-state index in [0.29, 0.717) is 31.3 Å². The molecule has 3 rings (SSSR count). The first-order valence-corrected chi connectivity index (χ1v) is 8.44. The zero-order valence-electron chi connectivity index (χ0n) is 13.5. The molecule has 1 N–H and O–H groups in total. The second kappa shape index (κ2) is 8.06. The average Bonchev–Trinajstić information content (AvgIpc) is 2.63. The van der Waals surface area contributed by atoms with E-state index in [4.69, 9.17) is 4.74 Å². The maximum Gasteiger partial charge on any atom is 0.254 e. The highest BCUT2D eigenvalue weighted by Crippen LogP contribution is 2.19. The molecule has 0 spiro atoms. The molecule has 0 radical (unpaired) electrons. The maximum atomic E-state index is 12.1. The van der Waals surface area contributed by atoms with E-state index in [1.807, 2.05) is 0 Å². The molecule has 0 bridgehead atoms. The largest absolute Gasteiger partial charge is 0.378 e. The van der Waals surface area contributed by atoms with E-state index in [1.165, 1.54) is 31.3 Å². The fraction of sp³-hybridized carbons (Fsp3) is 0.588. The van der Waals surface area contributed by atoms with Crippen LogP contribution in [-0.2, 0) is 4.74 Å². The molecule has 1 aliphatic carbocycles. The van der Waals surface area contributed by atoms with Crippen LogP contribution in [0.4, 0.5) is 5.95 Å². The number of aromatic nitrogens is 2. The van der Waals surface area contributed by atoms with Crippen molar-refractivity contribution in [2.24, 2.45) is 0 Å². The molecule has 0 unspecified atom stereocenters. The van der Waals surface area contributed by atoms with E-state index in [-0.39, 0.29) is 5.91 Å². The molecule has 1 amide bonds. The maximum absolute atomic E-state index is 12.1. The second-order valence-electron chi connectivity index (χ2n) is 5.99. The SMILES string of the molecule is O=C(NCCC1=CCCCC1)c1cnc(N2CCOCC2)nc1. The zero-order valence-corrected chi connectivity index (χ0v) is 13.5. The fourth-order valence-electron chi connectivity index (χ4n) is 2.94. The first-order valence-electron chi connectivity index (χ1n) is 8.44. The number of hydrogen-bond acceptors (Lipinski definition) is 5. The monoisotopic (exact) mass is 316 g/mol. The predicted molar refractivity (Wildman–Crippen MR) is 88.6 cm³/mol. The highest BCUT2D eigenvalue weighted by atomic mass is 16.5. The van der Waals surface area contributed by atoms with Crippen molar-refractivity contribution in [3.05, 3.63) is 29.6 Å². The predicted octanol–water partition coefficient (Wildman–Crippen LogP) is 1.93. The molecule has 1 aromatic heterocycles. The molecule has 23 heavy (non-hydrogen) atoms. The Hall–Kier alpha value is -1.95. The molecule has 1 fully saturated rings. The normalized spacial score (nSPS) is 18.4. The van der Waals surface area contributed by atoms with Crippen molar-refractivity contribution in [3.63, 3.8) is 0 Å². The fourth-order valence-corrected chi connectivity index (χ4v) is 2.94. The van der Waals surface area contributed by atoms with Crippen molar-refractivity contribution in [1.29, 1.82) is 0 Å². The molecule has 1 saturated heterocycles. The van der Waals surface area contributed by atoms with Crippen LogP contribution < -0.4 is 10.2 Å². The molecular weight excluding hydrogens is 292 g/mol. The molecular formula is C17H24N4O2. The van der Waals surface area contributed by atoms with E-state index in [9.17, 15) is 4.79 Å². The third-order valence-corrected chi connectivity index (χ3v) is 4.31. The molecule has 1 aromatic rings. The van der Waals surface area contributed by atoms with Gasteiger partial charge in [-0.15, -0.1) is 0 Å². The van der Waals surface area contributed by atoms with Gasteiger partial charge >= 0.3 is 0 Å². The summed E-state index contributed by atoms with van der Waals surface area (Å²) >= 11 is 0. The number of rotatable bonds is 5. The summed E-state index contributed by atoms with van der Waals surface area (Å²) in [6.07, 6.45) is 11.4. The van der Waals surface area contributed by atoms with E-state index in [2.05, 4.69) is 26.3 Å². The Morgan fingerprint density at radius 2 is 2.00 bits per heavy atom. The number of nitrogens with zero attached hydrogens (tertiary/aromatic N) is 3. The summed E-state index contributed by atoms with van der Waals surface area (Å²) in [4.78, 5) is 22.8. The molecule has 2 heterocycles. The van der Waals surface area contributed by atoms with E-state index >= 15 is 0 Å². The molecule has 0 saturated carbocycles. The van der Waals surface area contributed by atoms with Crippen LogP contribution in [0.25, 0.3) is 0 Å². The van der Waals surface area contributed by atoms with Crippen LogP contribution in [0, 0.1) is 0 Å². The van der Waals surface area contributed by atoms with Gasteiger partial charge in [0.15, 0.2) is 0 Å². The van der Waals surface area contributed by atoms with Crippen molar-refractivity contribution in [2.75, 3.05) is 37.7 Å². The Labute approximate surface area is 136 Å². The van der Waals surface area contributed by atoms with Gasteiger partial charge in [0, 0.05) is 32.0 Å². The van der Waals surface area contributed by atoms with Gasteiger partial charge in [0.1, 0.15) is 0 Å². The Morgan fingerprint density at radius 1 is 1.22 bits per heavy atom. The number of carbonyl (C=O) groups excluding carboxylic acids is 1. The number of ether oxygens (including phenoxy) is 1. The van der Waals surface area contributed by atoms with Crippen LogP contribution in [0.1, 0.15) is 42.5 Å². The smallest absolute Gasteiger partial charge is 0.254 e. The molecule has 1 aliphatic heterocycles.